The molecule has 7 rings (SSSR count). The van der Waals surface area contributed by atoms with Gasteiger partial charge in [-0.25, -0.2) is 49.1 Å². The summed E-state index contributed by atoms with van der Waals surface area (Å²) >= 11 is 0. The Hall–Kier alpha value is -7.96. The number of nitrogens with two attached hydrogens (primary N) is 1. The molecule has 7 N–H and O–H groups in total. The molecule has 5 aromatic carbocycles. The first-order valence-electron chi connectivity index (χ1n) is 19.7. The molecule has 0 bridgehead atoms. The average Bonchev–Trinajstić information content (AvgIpc) is 3.31. The van der Waals surface area contributed by atoms with Crippen molar-refractivity contribution in [1.29, 1.82) is 0 Å². The van der Waals surface area contributed by atoms with Gasteiger partial charge in [0.05, 0.1) is 31.3 Å². The van der Waals surface area contributed by atoms with Gasteiger partial charge in [-0.1, -0.05) is 12.1 Å². The summed E-state index contributed by atoms with van der Waals surface area (Å²) in [5.74, 6) is -12.6. The van der Waals surface area contributed by atoms with Crippen LogP contribution >= 0.6 is 0 Å². The summed E-state index contributed by atoms with van der Waals surface area (Å²) in [7, 11) is -2.12. The van der Waals surface area contributed by atoms with Crippen LogP contribution in [-0.2, 0) is 19.5 Å². The van der Waals surface area contributed by atoms with Gasteiger partial charge in [0.1, 0.15) is 24.7 Å². The second-order valence-corrected chi connectivity index (χ2v) is 15.3. The van der Waals surface area contributed by atoms with E-state index in [-0.39, 0.29) is 34.9 Å². The van der Waals surface area contributed by atoms with E-state index in [1.54, 1.807) is 67.5 Å². The van der Waals surface area contributed by atoms with Crippen LogP contribution in [0.25, 0.3) is 0 Å². The molecule has 68 heavy (non-hydrogen) atoms. The number of nitrogen functional groups attached to an aromatic ring is 1. The lowest BCUT2D eigenvalue weighted by molar-refractivity contribution is 0.146. The largest absolute Gasteiger partial charge is 0.491 e. The number of nitrogens with one attached hydrogen (secondary N) is 5. The Kier molecular flexibility index (Phi) is 16.7. The lowest BCUT2D eigenvalue weighted by Crippen LogP contribution is -2.19. The molecule has 0 saturated carbocycles. The van der Waals surface area contributed by atoms with Crippen molar-refractivity contribution >= 4 is 67.7 Å². The van der Waals surface area contributed by atoms with Crippen LogP contribution in [0, 0.1) is 40.7 Å². The Morgan fingerprint density at radius 2 is 0.941 bits per heavy atom. The summed E-state index contributed by atoms with van der Waals surface area (Å²) in [6.45, 7) is 1.77. The molecular formula is C44H39F7N10O6S. The Bertz CT molecular complexity index is 2920. The van der Waals surface area contributed by atoms with Crippen molar-refractivity contribution in [2.45, 2.75) is 4.90 Å². The summed E-state index contributed by atoms with van der Waals surface area (Å²) in [6, 6.07) is 25.8. The molecule has 0 atom stereocenters. The number of sulfonamides is 1. The van der Waals surface area contributed by atoms with E-state index in [1.165, 1.54) is 12.1 Å². The second-order valence-electron chi connectivity index (χ2n) is 13.7. The number of halogens is 7. The van der Waals surface area contributed by atoms with Crippen molar-refractivity contribution in [2.24, 2.45) is 0 Å². The first kappa shape index (κ1) is 49.5. The molecule has 0 aliphatic carbocycles. The van der Waals surface area contributed by atoms with Crippen LogP contribution in [0.2, 0.25) is 0 Å². The van der Waals surface area contributed by atoms with Gasteiger partial charge in [-0.05, 0) is 84.9 Å². The second kappa shape index (κ2) is 23.0. The summed E-state index contributed by atoms with van der Waals surface area (Å²) in [4.78, 5) is 14.0. The molecular weight excluding hydrogens is 930 g/mol. The number of anilines is 10. The van der Waals surface area contributed by atoms with Gasteiger partial charge in [0, 0.05) is 42.7 Å². The maximum absolute atomic E-state index is 14.4. The first-order chi connectivity index (χ1) is 32.6. The number of ether oxygens (including phenoxy) is 4. The third kappa shape index (κ3) is 13.3. The number of aromatic nitrogens is 4. The fourth-order valence-corrected chi connectivity index (χ4v) is 6.81. The highest BCUT2D eigenvalue weighted by molar-refractivity contribution is 7.92. The van der Waals surface area contributed by atoms with Crippen molar-refractivity contribution in [3.63, 3.8) is 0 Å². The van der Waals surface area contributed by atoms with Crippen molar-refractivity contribution in [3.05, 3.63) is 150 Å². The third-order valence-electron chi connectivity index (χ3n) is 8.79. The van der Waals surface area contributed by atoms with Crippen LogP contribution in [0.1, 0.15) is 0 Å². The molecule has 0 radical (unpaired) electrons. The Balaban J connectivity index is 0.000000244. The minimum atomic E-state index is -5.28. The third-order valence-corrected chi connectivity index (χ3v) is 10.2. The molecule has 2 aromatic heterocycles. The standard InChI is InChI=1S/C25H19F6N5O4S.C19H20FN5O2/c1-39-9-10-40-16-7-5-13(6-8-16)34-25-32-12-17(26)24(35-25)33-14-3-2-4-15(11-14)36-41(37,38)23-21(30)19(28)18(27)20(29)22(23)31;1-26-9-10-27-16-7-5-14(6-8-16)24-19-22-12-17(20)18(25-19)23-15-4-2-3-13(21)11-15/h2-8,11-12,36H,9-10H2,1H3,(H2,32,33,34,35);2-8,11-12H,9-10,21H2,1H3,(H2,22,23,24,25). The smallest absolute Gasteiger partial charge is 0.267 e. The van der Waals surface area contributed by atoms with E-state index in [1.807, 2.05) is 24.3 Å². The highest BCUT2D eigenvalue weighted by atomic mass is 32.2. The van der Waals surface area contributed by atoms with Crippen molar-refractivity contribution in [1.82, 2.24) is 19.9 Å². The van der Waals surface area contributed by atoms with Gasteiger partial charge in [-0.3, -0.25) is 4.72 Å². The lowest BCUT2D eigenvalue weighted by atomic mass is 10.3. The zero-order chi connectivity index (χ0) is 48.8. The minimum Gasteiger partial charge on any atom is -0.491 e. The first-order valence-corrected chi connectivity index (χ1v) is 21.2. The molecule has 7 aromatic rings. The molecule has 0 amide bonds. The van der Waals surface area contributed by atoms with Crippen LogP contribution in [0.15, 0.2) is 114 Å². The van der Waals surface area contributed by atoms with Crippen molar-refractivity contribution in [2.75, 3.05) is 72.4 Å². The van der Waals surface area contributed by atoms with Crippen LogP contribution in [0.4, 0.5) is 88.4 Å². The molecule has 0 saturated heterocycles. The Morgan fingerprint density at radius 1 is 0.515 bits per heavy atom. The van der Waals surface area contributed by atoms with Gasteiger partial charge in [-0.15, -0.1) is 0 Å². The fourth-order valence-electron chi connectivity index (χ4n) is 5.62. The van der Waals surface area contributed by atoms with Gasteiger partial charge >= 0.3 is 0 Å². The molecule has 0 aliphatic heterocycles. The average molecular weight is 969 g/mol. The molecule has 0 unspecified atom stereocenters. The molecule has 356 valence electrons. The van der Waals surface area contributed by atoms with Gasteiger partial charge in [0.15, 0.2) is 51.4 Å². The summed E-state index contributed by atoms with van der Waals surface area (Å²) < 4.78 is 145. The molecule has 0 spiro atoms. The highest BCUT2D eigenvalue weighted by Crippen LogP contribution is 2.30. The fraction of sp³-hybridized carbons (Fsp3) is 0.136. The molecule has 0 aliphatic rings. The summed E-state index contributed by atoms with van der Waals surface area (Å²) in [6.07, 6.45) is 1.97. The van der Waals surface area contributed by atoms with E-state index in [0.29, 0.717) is 49.2 Å². The lowest BCUT2D eigenvalue weighted by Gasteiger charge is -2.13. The van der Waals surface area contributed by atoms with Crippen molar-refractivity contribution < 1.29 is 58.1 Å². The number of methoxy groups -OCH3 is 2. The van der Waals surface area contributed by atoms with E-state index in [4.69, 9.17) is 24.7 Å². The van der Waals surface area contributed by atoms with E-state index in [9.17, 15) is 39.2 Å². The van der Waals surface area contributed by atoms with E-state index in [0.717, 1.165) is 36.0 Å². The highest BCUT2D eigenvalue weighted by Gasteiger charge is 2.33. The Morgan fingerprint density at radius 3 is 1.40 bits per heavy atom. The molecule has 2 heterocycles. The van der Waals surface area contributed by atoms with Gasteiger partial charge in [0.25, 0.3) is 10.0 Å². The minimum absolute atomic E-state index is 0.00915. The number of rotatable bonds is 19. The summed E-state index contributed by atoms with van der Waals surface area (Å²) in [5, 5.41) is 11.4. The SMILES string of the molecule is COCCOc1ccc(Nc2ncc(F)c(Nc3cccc(N)c3)n2)cc1.COCCOc1ccc(Nc2ncc(F)c(Nc3cccc(NS(=O)(=O)c4c(F)c(F)c(F)c(F)c4F)c3)n2)cc1. The number of hydrogen-bond acceptors (Lipinski definition) is 15. The van der Waals surface area contributed by atoms with E-state index < -0.39 is 55.6 Å². The van der Waals surface area contributed by atoms with E-state index in [2.05, 4.69) is 41.2 Å². The topological polar surface area (TPSA) is 209 Å². The van der Waals surface area contributed by atoms with Crippen molar-refractivity contribution in [3.8, 4) is 11.5 Å². The van der Waals surface area contributed by atoms with Crippen LogP contribution < -0.4 is 41.2 Å². The van der Waals surface area contributed by atoms with Crippen LogP contribution in [-0.4, -0.2) is 69.0 Å². The van der Waals surface area contributed by atoms with Crippen LogP contribution in [0.5, 0.6) is 11.5 Å². The van der Waals surface area contributed by atoms with Crippen LogP contribution in [0.3, 0.4) is 0 Å². The number of hydrogen-bond donors (Lipinski definition) is 6. The quantitative estimate of drug-likeness (QED) is 0.0147. The van der Waals surface area contributed by atoms with Gasteiger partial charge in [0.2, 0.25) is 17.7 Å². The Labute approximate surface area is 383 Å². The normalized spacial score (nSPS) is 11.0. The summed E-state index contributed by atoms with van der Waals surface area (Å²) in [5.41, 5.74) is 7.93. The maximum Gasteiger partial charge on any atom is 0.267 e. The zero-order valence-electron chi connectivity index (χ0n) is 35.6. The van der Waals surface area contributed by atoms with E-state index >= 15 is 0 Å². The predicted molar refractivity (Wildman–Crippen MR) is 239 cm³/mol. The maximum atomic E-state index is 14.4. The monoisotopic (exact) mass is 968 g/mol. The number of benzene rings is 5. The number of nitrogens with zero attached hydrogens (tertiary/aromatic N) is 4. The predicted octanol–water partition coefficient (Wildman–Crippen LogP) is 9.33. The zero-order valence-corrected chi connectivity index (χ0v) is 36.4. The molecule has 16 nitrogen and oxygen atoms in total. The van der Waals surface area contributed by atoms with Gasteiger partial charge < -0.3 is 45.9 Å². The molecule has 24 heteroatoms. The van der Waals surface area contributed by atoms with Gasteiger partial charge in [-0.2, -0.15) is 9.97 Å². The molecule has 0 fully saturated rings.